The first-order valence-corrected chi connectivity index (χ1v) is 9.62. The Morgan fingerprint density at radius 3 is 2.80 bits per heavy atom. The number of nitrogens with zero attached hydrogens (tertiary/aromatic N) is 3. The fourth-order valence-corrected chi connectivity index (χ4v) is 4.27. The minimum absolute atomic E-state index is 0.0815. The zero-order valence-electron chi connectivity index (χ0n) is 12.8. The Morgan fingerprint density at radius 2 is 2.00 bits per heavy atom. The molecule has 1 amide bonds. The number of anilines is 1. The van der Waals surface area contributed by atoms with Crippen molar-refractivity contribution in [3.8, 4) is 6.07 Å². The Morgan fingerprint density at radius 1 is 1.20 bits per heavy atom. The number of nitriles is 1. The molecule has 7 nitrogen and oxygen atoms in total. The molecule has 3 aromatic rings. The van der Waals surface area contributed by atoms with Gasteiger partial charge in [-0.05, 0) is 30.3 Å². The summed E-state index contributed by atoms with van der Waals surface area (Å²) in [6.07, 6.45) is -0.201. The number of fused-ring (bicyclic) bond motifs is 1. The largest absolute Gasteiger partial charge is 0.326 e. The van der Waals surface area contributed by atoms with Gasteiger partial charge in [-0.15, -0.1) is 0 Å². The minimum Gasteiger partial charge on any atom is -0.326 e. The van der Waals surface area contributed by atoms with Gasteiger partial charge in [0.15, 0.2) is 9.84 Å². The molecule has 0 spiro atoms. The van der Waals surface area contributed by atoms with Gasteiger partial charge >= 0.3 is 0 Å². The summed E-state index contributed by atoms with van der Waals surface area (Å²) in [6.45, 7) is 0. The number of hydrogen-bond acceptors (Lipinski definition) is 7. The van der Waals surface area contributed by atoms with E-state index in [0.717, 1.165) is 11.7 Å². The van der Waals surface area contributed by atoms with Crippen molar-refractivity contribution in [2.24, 2.45) is 0 Å². The third kappa shape index (κ3) is 3.81. The molecule has 25 heavy (non-hydrogen) atoms. The van der Waals surface area contributed by atoms with E-state index in [2.05, 4.69) is 14.1 Å². The number of amides is 1. The highest BCUT2D eigenvalue weighted by Gasteiger charge is 2.21. The van der Waals surface area contributed by atoms with Crippen molar-refractivity contribution in [1.29, 1.82) is 5.26 Å². The SMILES string of the molecule is N#Cc1cccc(NC(=O)CCS(=O)(=O)c2cccc3nsnc23)c1. The van der Waals surface area contributed by atoms with Crippen LogP contribution in [0.4, 0.5) is 5.69 Å². The topological polar surface area (TPSA) is 113 Å². The lowest BCUT2D eigenvalue weighted by atomic mass is 10.2. The number of nitrogens with one attached hydrogen (secondary N) is 1. The minimum atomic E-state index is -3.67. The zero-order valence-corrected chi connectivity index (χ0v) is 14.5. The lowest BCUT2D eigenvalue weighted by Gasteiger charge is -2.07. The molecule has 0 fully saturated rings. The van der Waals surface area contributed by atoms with Gasteiger partial charge in [0.05, 0.1) is 34.0 Å². The molecule has 0 aliphatic rings. The summed E-state index contributed by atoms with van der Waals surface area (Å²) < 4.78 is 33.1. The molecular weight excluding hydrogens is 360 g/mol. The molecule has 1 aromatic heterocycles. The van der Waals surface area contributed by atoms with E-state index in [1.165, 1.54) is 12.1 Å². The number of rotatable bonds is 5. The molecule has 0 radical (unpaired) electrons. The highest BCUT2D eigenvalue weighted by Crippen LogP contribution is 2.22. The zero-order chi connectivity index (χ0) is 17.9. The number of carbonyl (C=O) groups is 1. The van der Waals surface area contributed by atoms with Crippen LogP contribution in [0.1, 0.15) is 12.0 Å². The third-order valence-electron chi connectivity index (χ3n) is 3.46. The molecule has 0 atom stereocenters. The number of hydrogen-bond donors (Lipinski definition) is 1. The second-order valence-corrected chi connectivity index (χ2v) is 7.80. The van der Waals surface area contributed by atoms with E-state index >= 15 is 0 Å². The van der Waals surface area contributed by atoms with Crippen LogP contribution in [0.2, 0.25) is 0 Å². The summed E-state index contributed by atoms with van der Waals surface area (Å²) in [7, 11) is -3.67. The Hall–Kier alpha value is -2.83. The molecule has 9 heteroatoms. The van der Waals surface area contributed by atoms with E-state index in [9.17, 15) is 13.2 Å². The molecule has 0 saturated carbocycles. The Balaban J connectivity index is 1.71. The van der Waals surface area contributed by atoms with Crippen molar-refractivity contribution in [2.45, 2.75) is 11.3 Å². The summed E-state index contributed by atoms with van der Waals surface area (Å²) >= 11 is 0.943. The van der Waals surface area contributed by atoms with Crippen LogP contribution < -0.4 is 5.32 Å². The standard InChI is InChI=1S/C16H12N4O3S2/c17-10-11-3-1-4-12(9-11)18-15(21)7-8-25(22,23)14-6-2-5-13-16(14)20-24-19-13/h1-6,9H,7-8H2,(H,18,21). The number of aromatic nitrogens is 2. The third-order valence-corrected chi connectivity index (χ3v) is 5.74. The average Bonchev–Trinajstić information content (AvgIpc) is 3.09. The van der Waals surface area contributed by atoms with Crippen molar-refractivity contribution in [3.05, 3.63) is 48.0 Å². The van der Waals surface area contributed by atoms with Crippen LogP contribution in [-0.2, 0) is 14.6 Å². The highest BCUT2D eigenvalue weighted by molar-refractivity contribution is 7.91. The second kappa shape index (κ2) is 6.96. The monoisotopic (exact) mass is 372 g/mol. The normalized spacial score (nSPS) is 11.2. The molecule has 0 aliphatic carbocycles. The number of benzene rings is 2. The average molecular weight is 372 g/mol. The Bertz CT molecular complexity index is 1080. The van der Waals surface area contributed by atoms with E-state index in [0.29, 0.717) is 22.3 Å². The quantitative estimate of drug-likeness (QED) is 0.735. The van der Waals surface area contributed by atoms with Crippen molar-refractivity contribution in [1.82, 2.24) is 8.75 Å². The van der Waals surface area contributed by atoms with Crippen molar-refractivity contribution < 1.29 is 13.2 Å². The summed E-state index contributed by atoms with van der Waals surface area (Å²) in [6, 6.07) is 13.1. The van der Waals surface area contributed by atoms with E-state index < -0.39 is 15.7 Å². The molecule has 2 aromatic carbocycles. The molecule has 1 N–H and O–H groups in total. The number of carbonyl (C=O) groups excluding carboxylic acids is 1. The summed E-state index contributed by atoms with van der Waals surface area (Å²) in [5.41, 5.74) is 1.71. The lowest BCUT2D eigenvalue weighted by molar-refractivity contribution is -0.115. The van der Waals surface area contributed by atoms with Gasteiger partial charge < -0.3 is 5.32 Å². The fourth-order valence-electron chi connectivity index (χ4n) is 2.26. The summed E-state index contributed by atoms with van der Waals surface area (Å²) in [4.78, 5) is 12.1. The maximum absolute atomic E-state index is 12.5. The van der Waals surface area contributed by atoms with Gasteiger partial charge in [-0.25, -0.2) is 8.42 Å². The lowest BCUT2D eigenvalue weighted by Crippen LogP contribution is -2.17. The van der Waals surface area contributed by atoms with Crippen LogP contribution >= 0.6 is 11.7 Å². The van der Waals surface area contributed by atoms with Crippen LogP contribution in [-0.4, -0.2) is 28.8 Å². The second-order valence-electron chi connectivity index (χ2n) is 5.20. The Labute approximate surface area is 148 Å². The maximum Gasteiger partial charge on any atom is 0.225 e. The molecule has 0 saturated heterocycles. The van der Waals surface area contributed by atoms with Gasteiger partial charge in [-0.3, -0.25) is 4.79 Å². The first kappa shape index (κ1) is 17.0. The molecular formula is C16H12N4O3S2. The van der Waals surface area contributed by atoms with Crippen molar-refractivity contribution in [3.63, 3.8) is 0 Å². The summed E-state index contributed by atoms with van der Waals surface area (Å²) in [5, 5.41) is 11.4. The molecule has 3 rings (SSSR count). The van der Waals surface area contributed by atoms with E-state index in [-0.39, 0.29) is 17.1 Å². The van der Waals surface area contributed by atoms with Crippen LogP contribution in [0, 0.1) is 11.3 Å². The van der Waals surface area contributed by atoms with E-state index in [4.69, 9.17) is 5.26 Å². The van der Waals surface area contributed by atoms with Gasteiger partial charge in [-0.2, -0.15) is 14.0 Å². The first-order chi connectivity index (χ1) is 12.0. The molecule has 1 heterocycles. The van der Waals surface area contributed by atoms with Crippen LogP contribution in [0.5, 0.6) is 0 Å². The van der Waals surface area contributed by atoms with Crippen molar-refractivity contribution in [2.75, 3.05) is 11.1 Å². The first-order valence-electron chi connectivity index (χ1n) is 7.24. The highest BCUT2D eigenvalue weighted by atomic mass is 32.2. The van der Waals surface area contributed by atoms with Crippen LogP contribution in [0.3, 0.4) is 0 Å². The van der Waals surface area contributed by atoms with Gasteiger partial charge in [-0.1, -0.05) is 12.1 Å². The molecule has 0 unspecified atom stereocenters. The van der Waals surface area contributed by atoms with E-state index in [1.807, 2.05) is 6.07 Å². The van der Waals surface area contributed by atoms with Crippen LogP contribution in [0.15, 0.2) is 47.4 Å². The predicted molar refractivity (Wildman–Crippen MR) is 93.9 cm³/mol. The van der Waals surface area contributed by atoms with Gasteiger partial charge in [0.2, 0.25) is 5.91 Å². The van der Waals surface area contributed by atoms with Gasteiger partial charge in [0, 0.05) is 12.1 Å². The van der Waals surface area contributed by atoms with Crippen molar-refractivity contribution >= 4 is 44.2 Å². The fraction of sp³-hybridized carbons (Fsp3) is 0.125. The molecule has 0 aliphatic heterocycles. The Kier molecular flexibility index (Phi) is 4.74. The number of sulfone groups is 1. The molecule has 0 bridgehead atoms. The smallest absolute Gasteiger partial charge is 0.225 e. The molecule has 126 valence electrons. The summed E-state index contributed by atoms with van der Waals surface area (Å²) in [5.74, 6) is -0.782. The van der Waals surface area contributed by atoms with E-state index in [1.54, 1.807) is 30.3 Å². The maximum atomic E-state index is 12.5. The van der Waals surface area contributed by atoms with Gasteiger partial charge in [0.25, 0.3) is 0 Å². The predicted octanol–water partition coefficient (Wildman–Crippen LogP) is 2.37. The van der Waals surface area contributed by atoms with Gasteiger partial charge in [0.1, 0.15) is 11.0 Å². The van der Waals surface area contributed by atoms with Crippen LogP contribution in [0.25, 0.3) is 11.0 Å².